The van der Waals surface area contributed by atoms with E-state index in [0.717, 1.165) is 37.0 Å². The first kappa shape index (κ1) is 15.5. The average molecular weight is 332 g/mol. The summed E-state index contributed by atoms with van der Waals surface area (Å²) in [5.74, 6) is 0.859. The van der Waals surface area contributed by atoms with Crippen molar-refractivity contribution in [3.8, 4) is 0 Å². The van der Waals surface area contributed by atoms with Crippen molar-refractivity contribution in [3.63, 3.8) is 0 Å². The number of hydrogen-bond acceptors (Lipinski definition) is 2. The number of halogens is 1. The number of benzene rings is 1. The first-order valence-corrected chi connectivity index (χ1v) is 9.20. The fourth-order valence-electron chi connectivity index (χ4n) is 4.28. The van der Waals surface area contributed by atoms with Gasteiger partial charge < -0.3 is 14.4 Å². The summed E-state index contributed by atoms with van der Waals surface area (Å²) in [4.78, 5) is 5.03. The second-order valence-electron chi connectivity index (χ2n) is 7.42. The van der Waals surface area contributed by atoms with Crippen molar-refractivity contribution in [1.29, 1.82) is 0 Å². The van der Waals surface area contributed by atoms with E-state index < -0.39 is 0 Å². The molecule has 1 unspecified atom stereocenters. The lowest BCUT2D eigenvalue weighted by molar-refractivity contribution is 0.297. The van der Waals surface area contributed by atoms with E-state index in [1.54, 1.807) is 0 Å². The number of likely N-dealkylation sites (tertiary alicyclic amines) is 1. The molecule has 0 N–H and O–H groups in total. The zero-order valence-electron chi connectivity index (χ0n) is 14.2. The highest BCUT2D eigenvalue weighted by Gasteiger charge is 2.24. The summed E-state index contributed by atoms with van der Waals surface area (Å²) >= 11 is 6.27. The average Bonchev–Trinajstić information content (AvgIpc) is 3.06. The molecule has 2 aliphatic rings. The van der Waals surface area contributed by atoms with Crippen molar-refractivity contribution >= 4 is 22.5 Å². The van der Waals surface area contributed by atoms with Gasteiger partial charge in [-0.1, -0.05) is 18.5 Å². The van der Waals surface area contributed by atoms with Gasteiger partial charge >= 0.3 is 0 Å². The predicted octanol–water partition coefficient (Wildman–Crippen LogP) is 3.62. The number of likely N-dealkylation sites (N-methyl/N-ethyl adjacent to an activating group) is 1. The summed E-state index contributed by atoms with van der Waals surface area (Å²) in [7, 11) is 2.21. The Morgan fingerprint density at radius 2 is 2.09 bits per heavy atom. The molecule has 4 rings (SSSR count). The van der Waals surface area contributed by atoms with E-state index in [4.69, 9.17) is 11.6 Å². The van der Waals surface area contributed by atoms with Gasteiger partial charge in [-0.25, -0.2) is 0 Å². The Labute approximate surface area is 143 Å². The molecule has 1 saturated heterocycles. The molecule has 124 valence electrons. The van der Waals surface area contributed by atoms with Crippen LogP contribution in [-0.4, -0.2) is 47.6 Å². The fraction of sp³-hybridized carbons (Fsp3) is 0.579. The number of nitrogens with zero attached hydrogens (tertiary/aromatic N) is 3. The van der Waals surface area contributed by atoms with Crippen molar-refractivity contribution < 1.29 is 0 Å². The third-order valence-corrected chi connectivity index (χ3v) is 5.79. The largest absolute Gasteiger partial charge is 0.343 e. The molecule has 1 aromatic carbocycles. The van der Waals surface area contributed by atoms with Crippen LogP contribution >= 0.6 is 11.6 Å². The van der Waals surface area contributed by atoms with Gasteiger partial charge in [0.2, 0.25) is 0 Å². The molecule has 0 bridgehead atoms. The van der Waals surface area contributed by atoms with Gasteiger partial charge in [-0.05, 0) is 49.7 Å². The number of hydrogen-bond donors (Lipinski definition) is 0. The molecule has 0 amide bonds. The molecular formula is C19H26ClN3. The van der Waals surface area contributed by atoms with E-state index in [-0.39, 0.29) is 0 Å². The van der Waals surface area contributed by atoms with Crippen molar-refractivity contribution in [3.05, 3.63) is 34.5 Å². The normalized spacial score (nSPS) is 22.8. The van der Waals surface area contributed by atoms with E-state index >= 15 is 0 Å². The molecule has 23 heavy (non-hydrogen) atoms. The van der Waals surface area contributed by atoms with Crippen molar-refractivity contribution in [2.75, 3.05) is 33.2 Å². The Hall–Kier alpha value is -1.03. The van der Waals surface area contributed by atoms with Crippen LogP contribution in [0.2, 0.25) is 5.02 Å². The molecule has 0 saturated carbocycles. The summed E-state index contributed by atoms with van der Waals surface area (Å²) in [6.07, 6.45) is 2.50. The Morgan fingerprint density at radius 3 is 2.87 bits per heavy atom. The van der Waals surface area contributed by atoms with Crippen molar-refractivity contribution in [2.24, 2.45) is 5.92 Å². The second-order valence-corrected chi connectivity index (χ2v) is 7.86. The third-order valence-electron chi connectivity index (χ3n) is 5.55. The predicted molar refractivity (Wildman–Crippen MR) is 97.2 cm³/mol. The first-order valence-electron chi connectivity index (χ1n) is 8.82. The lowest BCUT2D eigenvalue weighted by atomic mass is 10.1. The summed E-state index contributed by atoms with van der Waals surface area (Å²) < 4.78 is 2.57. The zero-order valence-corrected chi connectivity index (χ0v) is 14.9. The molecular weight excluding hydrogens is 306 g/mol. The summed E-state index contributed by atoms with van der Waals surface area (Å²) in [6, 6.07) is 6.40. The molecule has 0 radical (unpaired) electrons. The molecule has 0 spiro atoms. The highest BCUT2D eigenvalue weighted by atomic mass is 35.5. The van der Waals surface area contributed by atoms with Crippen LogP contribution in [-0.2, 0) is 19.5 Å². The van der Waals surface area contributed by atoms with Gasteiger partial charge in [-0.15, -0.1) is 0 Å². The maximum Gasteiger partial charge on any atom is 0.0487 e. The van der Waals surface area contributed by atoms with Crippen molar-refractivity contribution in [1.82, 2.24) is 14.4 Å². The van der Waals surface area contributed by atoms with Gasteiger partial charge in [-0.2, -0.15) is 0 Å². The molecule has 4 heteroatoms. The quantitative estimate of drug-likeness (QED) is 0.851. The number of aromatic nitrogens is 1. The van der Waals surface area contributed by atoms with Gasteiger partial charge in [0.15, 0.2) is 0 Å². The van der Waals surface area contributed by atoms with Gasteiger partial charge in [0, 0.05) is 60.8 Å². The summed E-state index contributed by atoms with van der Waals surface area (Å²) in [6.45, 7) is 9.35. The maximum atomic E-state index is 6.27. The first-order chi connectivity index (χ1) is 11.1. The lowest BCUT2D eigenvalue weighted by Gasteiger charge is -2.25. The Morgan fingerprint density at radius 1 is 1.22 bits per heavy atom. The smallest absolute Gasteiger partial charge is 0.0487 e. The summed E-state index contributed by atoms with van der Waals surface area (Å²) in [5, 5.41) is 2.20. The maximum absolute atomic E-state index is 6.27. The minimum atomic E-state index is 0.846. The van der Waals surface area contributed by atoms with Gasteiger partial charge in [0.25, 0.3) is 0 Å². The molecule has 3 heterocycles. The topological polar surface area (TPSA) is 11.4 Å². The van der Waals surface area contributed by atoms with Gasteiger partial charge in [0.1, 0.15) is 0 Å². The SMILES string of the molecule is CC1CCN(CCn2c3c(c4cc(Cl)ccc42)CN(C)CC3)C1. The van der Waals surface area contributed by atoms with Crippen LogP contribution in [0.15, 0.2) is 18.2 Å². The molecule has 0 aliphatic carbocycles. The second kappa shape index (κ2) is 6.12. The molecule has 1 atom stereocenters. The Bertz CT molecular complexity index is 721. The van der Waals surface area contributed by atoms with E-state index in [1.165, 1.54) is 48.2 Å². The van der Waals surface area contributed by atoms with E-state index in [9.17, 15) is 0 Å². The third kappa shape index (κ3) is 2.90. The van der Waals surface area contributed by atoms with E-state index in [2.05, 4.69) is 40.5 Å². The van der Waals surface area contributed by atoms with Gasteiger partial charge in [-0.3, -0.25) is 0 Å². The highest BCUT2D eigenvalue weighted by Crippen LogP contribution is 2.32. The molecule has 1 aromatic heterocycles. The number of rotatable bonds is 3. The minimum absolute atomic E-state index is 0.846. The Balaban J connectivity index is 1.68. The van der Waals surface area contributed by atoms with E-state index in [1.807, 2.05) is 6.07 Å². The van der Waals surface area contributed by atoms with Crippen LogP contribution in [0.25, 0.3) is 10.9 Å². The standard InChI is InChI=1S/C19H26ClN3/c1-14-5-8-22(12-14)9-10-23-18-4-3-15(20)11-16(18)17-13-21(2)7-6-19(17)23/h3-4,11,14H,5-10,12-13H2,1-2H3. The molecule has 2 aliphatic heterocycles. The molecule has 1 fully saturated rings. The molecule has 3 nitrogen and oxygen atoms in total. The van der Waals surface area contributed by atoms with Crippen LogP contribution in [0.3, 0.4) is 0 Å². The number of fused-ring (bicyclic) bond motifs is 3. The minimum Gasteiger partial charge on any atom is -0.343 e. The highest BCUT2D eigenvalue weighted by molar-refractivity contribution is 6.31. The zero-order chi connectivity index (χ0) is 16.0. The molecule has 2 aromatic rings. The van der Waals surface area contributed by atoms with Crippen LogP contribution < -0.4 is 0 Å². The van der Waals surface area contributed by atoms with Crippen LogP contribution in [0.4, 0.5) is 0 Å². The van der Waals surface area contributed by atoms with E-state index in [0.29, 0.717) is 0 Å². The van der Waals surface area contributed by atoms with Crippen molar-refractivity contribution in [2.45, 2.75) is 32.9 Å². The summed E-state index contributed by atoms with van der Waals surface area (Å²) in [5.41, 5.74) is 4.39. The Kier molecular flexibility index (Phi) is 4.12. The van der Waals surface area contributed by atoms with Crippen LogP contribution in [0.5, 0.6) is 0 Å². The lowest BCUT2D eigenvalue weighted by Crippen LogP contribution is -2.29. The van der Waals surface area contributed by atoms with Gasteiger partial charge in [0.05, 0.1) is 0 Å². The van der Waals surface area contributed by atoms with Crippen LogP contribution in [0.1, 0.15) is 24.6 Å². The van der Waals surface area contributed by atoms with Crippen LogP contribution in [0, 0.1) is 5.92 Å². The fourth-order valence-corrected chi connectivity index (χ4v) is 4.46. The monoisotopic (exact) mass is 331 g/mol.